The van der Waals surface area contributed by atoms with Gasteiger partial charge in [0.1, 0.15) is 0 Å². The Morgan fingerprint density at radius 3 is 0.479 bits per heavy atom. The maximum atomic E-state index is 2.28. The SMILES string of the molecule is Cc1ccc(-c2ccc(-c3ccccc3C)cc2)cc1.Cc1ccc(-c2cccc(-c3ccccc3C)c2)cc1.Cc1ccc(-c2ccccc2-c2ccccc2C)cc1.Cc1cccc(-c2ccc(-c3ccccc3C)cc2)c1.Cc1cccc(-c2cccc(-c3ccccc3C)c2)c1.Cc1ccccc1-c1ccc(-c2ccccc2C)cc1.Cc1ccccc1-c1cccc(-c2ccccc2C)c1. The van der Waals surface area contributed by atoms with Crippen molar-refractivity contribution in [2.45, 2.75) is 96.9 Å². The lowest BCUT2D eigenvalue weighted by Crippen LogP contribution is -1.87. The Bertz CT molecular complexity index is 7500. The van der Waals surface area contributed by atoms with Crippen LogP contribution in [0.4, 0.5) is 0 Å². The van der Waals surface area contributed by atoms with Gasteiger partial charge in [-0.15, -0.1) is 0 Å². The van der Waals surface area contributed by atoms with Gasteiger partial charge in [0.05, 0.1) is 0 Å². The summed E-state index contributed by atoms with van der Waals surface area (Å²) < 4.78 is 0. The van der Waals surface area contributed by atoms with E-state index in [-0.39, 0.29) is 0 Å². The van der Waals surface area contributed by atoms with E-state index in [2.05, 4.69) is 607 Å². The number of benzene rings is 21. The average molecular weight is 1810 g/mol. The minimum absolute atomic E-state index is 1.27. The van der Waals surface area contributed by atoms with Gasteiger partial charge < -0.3 is 0 Å². The highest BCUT2D eigenvalue weighted by atomic mass is 14.2. The van der Waals surface area contributed by atoms with Crippen molar-refractivity contribution in [3.05, 3.63) is 587 Å². The van der Waals surface area contributed by atoms with E-state index in [1.54, 1.807) is 0 Å². The summed E-state index contributed by atoms with van der Waals surface area (Å²) >= 11 is 0. The number of rotatable bonds is 14. The van der Waals surface area contributed by atoms with Gasteiger partial charge in [0.15, 0.2) is 0 Å². The normalized spacial score (nSPS) is 10.5. The average Bonchev–Trinajstić information content (AvgIpc) is 0.789. The van der Waals surface area contributed by atoms with Crippen LogP contribution >= 0.6 is 0 Å². The summed E-state index contributed by atoms with van der Waals surface area (Å²) in [5.41, 5.74) is 54.4. The first-order chi connectivity index (χ1) is 68.2. The van der Waals surface area contributed by atoms with Crippen molar-refractivity contribution in [2.75, 3.05) is 0 Å². The molecule has 0 amide bonds. The second-order valence-electron chi connectivity index (χ2n) is 36.7. The first kappa shape index (κ1) is 98.1. The van der Waals surface area contributed by atoms with E-state index in [0.717, 1.165) is 0 Å². The summed E-state index contributed by atoms with van der Waals surface area (Å²) in [6.45, 7) is 30.1. The topological polar surface area (TPSA) is 0 Å². The quantitative estimate of drug-likeness (QED) is 0.102. The molecule has 0 aromatic heterocycles. The smallest absolute Gasteiger partial charge is 0.0103 e. The van der Waals surface area contributed by atoms with E-state index < -0.39 is 0 Å². The fourth-order valence-electron chi connectivity index (χ4n) is 18.0. The van der Waals surface area contributed by atoms with E-state index in [0.29, 0.717) is 0 Å². The summed E-state index contributed by atoms with van der Waals surface area (Å²) in [6.07, 6.45) is 0. The van der Waals surface area contributed by atoms with Crippen LogP contribution in [0.5, 0.6) is 0 Å². The highest BCUT2D eigenvalue weighted by Crippen LogP contribution is 2.39. The fraction of sp³-hybridized carbons (Fsp3) is 0.100. The third-order valence-electron chi connectivity index (χ3n) is 26.1. The zero-order chi connectivity index (χ0) is 97.6. The van der Waals surface area contributed by atoms with Crippen LogP contribution in [0, 0.1) is 96.9 Å². The van der Waals surface area contributed by atoms with Crippen LogP contribution in [0.1, 0.15) is 77.9 Å². The van der Waals surface area contributed by atoms with E-state index in [4.69, 9.17) is 0 Å². The predicted octanol–water partition coefficient (Wildman–Crippen LogP) is 39.5. The largest absolute Gasteiger partial charge is 0.0620 e. The summed E-state index contributed by atoms with van der Waals surface area (Å²) in [5.74, 6) is 0. The second kappa shape index (κ2) is 48.4. The number of hydrogen-bond acceptors (Lipinski definition) is 0. The maximum absolute atomic E-state index is 2.28. The van der Waals surface area contributed by atoms with Crippen molar-refractivity contribution in [1.29, 1.82) is 0 Å². The monoisotopic (exact) mass is 1810 g/mol. The molecule has 0 bridgehead atoms. The van der Waals surface area contributed by atoms with Crippen molar-refractivity contribution in [3.8, 4) is 156 Å². The molecule has 21 rings (SSSR count). The zero-order valence-electron chi connectivity index (χ0n) is 83.5. The molecule has 0 fully saturated rings. The standard InChI is InChI=1S/7C20H18/c1-15-8-3-5-12-19(15)17-10-7-11-18(14-17)20-13-6-4-9-16(20)2;1-15-7-3-5-9-19(15)17-11-13-18(14-12-17)20-10-6-4-8-16(20)2;1-15-7-5-9-17(13-15)18-10-6-11-19(14-18)20-12-4-3-8-16(20)2;1-15-6-5-8-19(14-15)17-10-12-18(13-11-17)20-9-4-3-7-16(20)2;1-15-11-13-17(14-12-15)19-9-5-6-10-20(19)18-8-4-3-7-16(18)2;1-15-10-12-17(13-11-15)18-7-5-8-19(14-18)20-9-4-3-6-16(20)2;1-15-7-9-17(10-8-15)18-11-13-19(14-12-18)20-6-4-3-5-16(20)2/h7*3-14H,1-2H3. The van der Waals surface area contributed by atoms with Crippen molar-refractivity contribution < 1.29 is 0 Å². The Kier molecular flexibility index (Phi) is 33.9. The van der Waals surface area contributed by atoms with Gasteiger partial charge >= 0.3 is 0 Å². The van der Waals surface area contributed by atoms with Crippen molar-refractivity contribution in [2.24, 2.45) is 0 Å². The van der Waals surface area contributed by atoms with Crippen LogP contribution in [-0.2, 0) is 0 Å². The lowest BCUT2D eigenvalue weighted by molar-refractivity contribution is 1.44. The van der Waals surface area contributed by atoms with Gasteiger partial charge in [-0.3, -0.25) is 0 Å². The molecule has 0 nitrogen and oxygen atoms in total. The molecule has 0 aliphatic carbocycles. The highest BCUT2D eigenvalue weighted by molar-refractivity contribution is 5.86. The Hall–Kier alpha value is -16.4. The Balaban J connectivity index is 0.000000124. The van der Waals surface area contributed by atoms with Crippen LogP contribution in [0.2, 0.25) is 0 Å². The molecule has 21 aromatic carbocycles. The molecule has 140 heavy (non-hydrogen) atoms. The van der Waals surface area contributed by atoms with Crippen molar-refractivity contribution in [3.63, 3.8) is 0 Å². The van der Waals surface area contributed by atoms with E-state index >= 15 is 0 Å². The highest BCUT2D eigenvalue weighted by Gasteiger charge is 2.14. The molecule has 0 spiro atoms. The van der Waals surface area contributed by atoms with Crippen LogP contribution in [-0.4, -0.2) is 0 Å². The first-order valence-electron chi connectivity index (χ1n) is 48.8. The molecule has 0 unspecified atom stereocenters. The number of aryl methyl sites for hydroxylation is 14. The lowest BCUT2D eigenvalue weighted by atomic mass is 9.92. The molecule has 0 saturated heterocycles. The summed E-state index contributed by atoms with van der Waals surface area (Å²) in [5, 5.41) is 0. The second-order valence-corrected chi connectivity index (χ2v) is 36.7. The van der Waals surface area contributed by atoms with Crippen molar-refractivity contribution in [1.82, 2.24) is 0 Å². The zero-order valence-corrected chi connectivity index (χ0v) is 83.5. The van der Waals surface area contributed by atoms with Crippen LogP contribution in [0.15, 0.2) is 510 Å². The van der Waals surface area contributed by atoms with Gasteiger partial charge in [0.25, 0.3) is 0 Å². The molecule has 0 N–H and O–H groups in total. The molecular formula is C140H126. The van der Waals surface area contributed by atoms with Crippen molar-refractivity contribution >= 4 is 0 Å². The summed E-state index contributed by atoms with van der Waals surface area (Å²) in [7, 11) is 0. The van der Waals surface area contributed by atoms with Gasteiger partial charge in [-0.1, -0.05) is 519 Å². The van der Waals surface area contributed by atoms with Crippen LogP contribution in [0.25, 0.3) is 156 Å². The molecule has 0 aliphatic heterocycles. The van der Waals surface area contributed by atoms with E-state index in [1.165, 1.54) is 234 Å². The minimum atomic E-state index is 1.27. The number of hydrogen-bond donors (Lipinski definition) is 0. The Morgan fingerprint density at radius 1 is 0.0786 bits per heavy atom. The van der Waals surface area contributed by atoms with Gasteiger partial charge in [0.2, 0.25) is 0 Å². The van der Waals surface area contributed by atoms with E-state index in [1.807, 2.05) is 0 Å². The van der Waals surface area contributed by atoms with Gasteiger partial charge in [0, 0.05) is 0 Å². The third-order valence-corrected chi connectivity index (χ3v) is 26.1. The molecule has 0 saturated carbocycles. The van der Waals surface area contributed by atoms with Gasteiger partial charge in [-0.25, -0.2) is 0 Å². The molecule has 0 aliphatic rings. The summed E-state index contributed by atoms with van der Waals surface area (Å²) in [6, 6.07) is 182. The maximum Gasteiger partial charge on any atom is -0.0103 e. The molecule has 0 heteroatoms. The Labute approximate surface area is 834 Å². The molecule has 0 atom stereocenters. The third kappa shape index (κ3) is 26.3. The predicted molar refractivity (Wildman–Crippen MR) is 608 cm³/mol. The lowest BCUT2D eigenvalue weighted by Gasteiger charge is -2.12. The van der Waals surface area contributed by atoms with Gasteiger partial charge in [-0.05, 0) is 321 Å². The molecule has 0 radical (unpaired) electrons. The molecular weight excluding hydrogens is 1680 g/mol. The fourth-order valence-corrected chi connectivity index (χ4v) is 18.0. The minimum Gasteiger partial charge on any atom is -0.0620 e. The first-order valence-corrected chi connectivity index (χ1v) is 48.8. The molecule has 0 heterocycles. The van der Waals surface area contributed by atoms with E-state index in [9.17, 15) is 0 Å². The summed E-state index contributed by atoms with van der Waals surface area (Å²) in [4.78, 5) is 0. The molecule has 21 aromatic rings. The van der Waals surface area contributed by atoms with Crippen LogP contribution in [0.3, 0.4) is 0 Å². The Morgan fingerprint density at radius 2 is 0.229 bits per heavy atom. The molecule has 686 valence electrons. The van der Waals surface area contributed by atoms with Gasteiger partial charge in [-0.2, -0.15) is 0 Å². The van der Waals surface area contributed by atoms with Crippen LogP contribution < -0.4 is 0 Å².